The molecule has 1 amide bonds. The zero-order valence-corrected chi connectivity index (χ0v) is 21.4. The summed E-state index contributed by atoms with van der Waals surface area (Å²) in [5, 5.41) is 8.67. The Bertz CT molecular complexity index is 1230. The van der Waals surface area contributed by atoms with Crippen LogP contribution in [0.5, 0.6) is 5.88 Å². The smallest absolute Gasteiger partial charge is 0.260 e. The number of oxime groups is 1. The Labute approximate surface area is 216 Å². The van der Waals surface area contributed by atoms with E-state index in [0.717, 1.165) is 34.8 Å². The second-order valence-electron chi connectivity index (χ2n) is 8.15. The van der Waals surface area contributed by atoms with Crippen molar-refractivity contribution >= 4 is 46.3 Å². The number of thiazole rings is 1. The molecule has 1 fully saturated rings. The van der Waals surface area contributed by atoms with E-state index >= 15 is 0 Å². The number of hydrogen-bond acceptors (Lipinski definition) is 9. The number of rotatable bonds is 7. The Kier molecular flexibility index (Phi) is 7.50. The second-order valence-corrected chi connectivity index (χ2v) is 10.2. The minimum absolute atomic E-state index is 0.0395. The minimum atomic E-state index is -0.241. The van der Waals surface area contributed by atoms with Crippen molar-refractivity contribution in [3.05, 3.63) is 63.3 Å². The van der Waals surface area contributed by atoms with Gasteiger partial charge in [0, 0.05) is 53.8 Å². The van der Waals surface area contributed by atoms with Gasteiger partial charge in [0.15, 0.2) is 17.7 Å². The van der Waals surface area contributed by atoms with Gasteiger partial charge in [0.25, 0.3) is 5.91 Å². The van der Waals surface area contributed by atoms with Crippen molar-refractivity contribution in [2.24, 2.45) is 5.16 Å². The van der Waals surface area contributed by atoms with Crippen LogP contribution in [-0.2, 0) is 9.63 Å². The Morgan fingerprint density at radius 3 is 2.97 bits per heavy atom. The molecule has 1 aromatic carbocycles. The molecule has 0 bridgehead atoms. The van der Waals surface area contributed by atoms with Crippen LogP contribution in [0.1, 0.15) is 47.5 Å². The Morgan fingerprint density at radius 1 is 1.34 bits per heavy atom. The van der Waals surface area contributed by atoms with Crippen LogP contribution in [0.2, 0.25) is 5.02 Å². The summed E-state index contributed by atoms with van der Waals surface area (Å²) in [6.07, 6.45) is 7.16. The van der Waals surface area contributed by atoms with Crippen molar-refractivity contribution in [3.63, 3.8) is 0 Å². The number of nitrogens with zero attached hydrogens (tertiary/aromatic N) is 5. The van der Waals surface area contributed by atoms with Crippen molar-refractivity contribution in [2.75, 3.05) is 26.0 Å². The van der Waals surface area contributed by atoms with Crippen molar-refractivity contribution in [1.29, 1.82) is 0 Å². The Hall–Kier alpha value is -2.69. The fraction of sp³-hybridized carbons (Fsp3) is 0.375. The number of thioether (sulfide) groups is 1. The lowest BCUT2D eigenvalue weighted by molar-refractivity contribution is -0.134. The number of amides is 1. The summed E-state index contributed by atoms with van der Waals surface area (Å²) in [5.74, 6) is 0.672. The van der Waals surface area contributed by atoms with Gasteiger partial charge in [0.2, 0.25) is 5.88 Å². The van der Waals surface area contributed by atoms with Crippen LogP contribution >= 0.6 is 34.7 Å². The number of likely N-dealkylation sites (tertiary alicyclic amines) is 1. The van der Waals surface area contributed by atoms with E-state index in [-0.39, 0.29) is 18.6 Å². The first-order valence-electron chi connectivity index (χ1n) is 11.2. The summed E-state index contributed by atoms with van der Waals surface area (Å²) in [6, 6.07) is 8.65. The highest BCUT2D eigenvalue weighted by molar-refractivity contribution is 7.98. The highest BCUT2D eigenvalue weighted by atomic mass is 35.5. The van der Waals surface area contributed by atoms with Crippen LogP contribution in [0.15, 0.2) is 46.2 Å². The summed E-state index contributed by atoms with van der Waals surface area (Å²) in [5.41, 5.74) is 2.48. The van der Waals surface area contributed by atoms with Crippen molar-refractivity contribution in [1.82, 2.24) is 19.9 Å². The zero-order valence-electron chi connectivity index (χ0n) is 19.0. The van der Waals surface area contributed by atoms with Crippen LogP contribution in [0.25, 0.3) is 0 Å². The van der Waals surface area contributed by atoms with Crippen LogP contribution in [0, 0.1) is 6.07 Å². The first-order valence-corrected chi connectivity index (χ1v) is 13.7. The average Bonchev–Trinajstić information content (AvgIpc) is 3.58. The normalized spacial score (nSPS) is 18.3. The van der Waals surface area contributed by atoms with Gasteiger partial charge in [-0.1, -0.05) is 28.9 Å². The maximum absolute atomic E-state index is 12.7. The standard InChI is InChI=1S/C24H23ClN5O3S2/c1-34-24-22(26-8-9-27-24)32-13-21(31)30-10-6-15(7-11-30)23-28-19(14-35-23)18-12-20(33-29-18)16-4-2-3-5-17(16)25/h2-3,5,8-9,14-15,20H,6-7,10-13H2,1H3. The molecule has 181 valence electrons. The third-order valence-corrected chi connectivity index (χ3v) is 8.00. The summed E-state index contributed by atoms with van der Waals surface area (Å²) < 4.78 is 5.63. The molecule has 4 heterocycles. The van der Waals surface area contributed by atoms with Gasteiger partial charge in [-0.05, 0) is 31.2 Å². The molecule has 3 aromatic rings. The lowest BCUT2D eigenvalue weighted by Crippen LogP contribution is -2.40. The molecule has 0 saturated carbocycles. The number of carbonyl (C=O) groups is 1. The number of hydrogen-bond donors (Lipinski definition) is 0. The molecule has 0 aliphatic carbocycles. The molecular formula is C24H23ClN5O3S2. The molecule has 2 aromatic heterocycles. The molecule has 2 aliphatic rings. The predicted molar refractivity (Wildman–Crippen MR) is 135 cm³/mol. The average molecular weight is 529 g/mol. The molecule has 1 saturated heterocycles. The van der Waals surface area contributed by atoms with Gasteiger partial charge >= 0.3 is 0 Å². The van der Waals surface area contributed by atoms with Gasteiger partial charge in [-0.2, -0.15) is 0 Å². The second kappa shape index (κ2) is 10.9. The molecule has 8 nitrogen and oxygen atoms in total. The highest BCUT2D eigenvalue weighted by Gasteiger charge is 2.29. The molecule has 0 spiro atoms. The van der Waals surface area contributed by atoms with E-state index < -0.39 is 0 Å². The summed E-state index contributed by atoms with van der Waals surface area (Å²) in [7, 11) is 0. The van der Waals surface area contributed by atoms with E-state index in [0.29, 0.717) is 41.4 Å². The monoisotopic (exact) mass is 528 g/mol. The van der Waals surface area contributed by atoms with Gasteiger partial charge < -0.3 is 14.5 Å². The molecule has 11 heteroatoms. The van der Waals surface area contributed by atoms with Crippen LogP contribution in [0.3, 0.4) is 0 Å². The minimum Gasteiger partial charge on any atom is -0.466 e. The van der Waals surface area contributed by atoms with E-state index in [1.165, 1.54) is 11.8 Å². The topological polar surface area (TPSA) is 89.8 Å². The Balaban J connectivity index is 1.13. The largest absolute Gasteiger partial charge is 0.466 e. The van der Waals surface area contributed by atoms with E-state index in [4.69, 9.17) is 26.2 Å². The van der Waals surface area contributed by atoms with Gasteiger partial charge in [-0.15, -0.1) is 23.1 Å². The van der Waals surface area contributed by atoms with Gasteiger partial charge in [-0.3, -0.25) is 4.79 Å². The number of halogens is 1. The van der Waals surface area contributed by atoms with Crippen LogP contribution in [0.4, 0.5) is 0 Å². The third-order valence-electron chi connectivity index (χ3n) is 6.00. The molecule has 1 radical (unpaired) electrons. The van der Waals surface area contributed by atoms with Crippen molar-refractivity contribution in [2.45, 2.75) is 36.3 Å². The maximum atomic E-state index is 12.7. The van der Waals surface area contributed by atoms with E-state index in [1.54, 1.807) is 23.7 Å². The van der Waals surface area contributed by atoms with E-state index in [9.17, 15) is 4.79 Å². The lowest BCUT2D eigenvalue weighted by Gasteiger charge is -2.31. The molecule has 1 atom stereocenters. The molecule has 0 N–H and O–H groups in total. The molecule has 1 unspecified atom stereocenters. The van der Waals surface area contributed by atoms with Gasteiger partial charge in [-0.25, -0.2) is 15.0 Å². The quantitative estimate of drug-likeness (QED) is 0.408. The molecule has 35 heavy (non-hydrogen) atoms. The summed E-state index contributed by atoms with van der Waals surface area (Å²) in [6.45, 7) is 1.31. The van der Waals surface area contributed by atoms with Gasteiger partial charge in [0.1, 0.15) is 5.71 Å². The van der Waals surface area contributed by atoms with Crippen molar-refractivity contribution < 1.29 is 14.4 Å². The van der Waals surface area contributed by atoms with Crippen molar-refractivity contribution in [3.8, 4) is 5.88 Å². The summed E-state index contributed by atoms with van der Waals surface area (Å²) in [4.78, 5) is 33.4. The first kappa shape index (κ1) is 24.0. The predicted octanol–water partition coefficient (Wildman–Crippen LogP) is 4.76. The SMILES string of the molecule is CSc1nccnc1OCC(=O)N1CCC(c2nc(C3=NOC(c4[c]cccc4Cl)C3)cs2)CC1. The number of ether oxygens (including phenoxy) is 1. The van der Waals surface area contributed by atoms with Gasteiger partial charge in [0.05, 0.1) is 10.7 Å². The van der Waals surface area contributed by atoms with Crippen LogP contribution < -0.4 is 4.74 Å². The number of aromatic nitrogens is 3. The number of piperidine rings is 1. The van der Waals surface area contributed by atoms with E-state index in [1.807, 2.05) is 34.7 Å². The molecular weight excluding hydrogens is 506 g/mol. The Morgan fingerprint density at radius 2 is 2.17 bits per heavy atom. The maximum Gasteiger partial charge on any atom is 0.260 e. The zero-order chi connectivity index (χ0) is 24.2. The third kappa shape index (κ3) is 5.44. The van der Waals surface area contributed by atoms with Crippen LogP contribution in [-0.4, -0.2) is 57.4 Å². The lowest BCUT2D eigenvalue weighted by atomic mass is 9.97. The molecule has 5 rings (SSSR count). The molecule has 2 aliphatic heterocycles. The fourth-order valence-corrected chi connectivity index (χ4v) is 5.82. The highest BCUT2D eigenvalue weighted by Crippen LogP contribution is 2.35. The number of benzene rings is 1. The van der Waals surface area contributed by atoms with E-state index in [2.05, 4.69) is 21.2 Å². The summed E-state index contributed by atoms with van der Waals surface area (Å²) >= 11 is 9.36. The first-order chi connectivity index (χ1) is 17.1. The fourth-order valence-electron chi connectivity index (χ4n) is 4.12. The number of carbonyl (C=O) groups excluding carboxylic acids is 1.